The van der Waals surface area contributed by atoms with Gasteiger partial charge in [0, 0.05) is 5.88 Å². The van der Waals surface area contributed by atoms with Crippen molar-refractivity contribution in [1.29, 1.82) is 0 Å². The highest BCUT2D eigenvalue weighted by molar-refractivity contribution is 8.10. The molecule has 2 rings (SSSR count). The molecule has 1 aliphatic rings. The predicted molar refractivity (Wildman–Crippen MR) is 90.7 cm³/mol. The Bertz CT molecular complexity index is 482. The highest BCUT2D eigenvalue weighted by Gasteiger charge is 2.31. The number of nitrogens with two attached hydrogens (primary N) is 1. The number of nitrogens with one attached hydrogen (secondary N) is 1. The topological polar surface area (TPSA) is 61.6 Å². The van der Waals surface area contributed by atoms with Crippen molar-refractivity contribution in [3.8, 4) is 0 Å². The molecule has 0 aromatic heterocycles. The highest BCUT2D eigenvalue weighted by atomic mass is 32.2. The molecule has 21 heavy (non-hydrogen) atoms. The summed E-state index contributed by atoms with van der Waals surface area (Å²) >= 11 is 6.19. The fraction of sp³-hybridized carbons (Fsp3) is 0.500. The van der Waals surface area contributed by atoms with Crippen LogP contribution < -0.4 is 11.3 Å². The Kier molecular flexibility index (Phi) is 5.95. The summed E-state index contributed by atoms with van der Waals surface area (Å²) < 4.78 is 0.169. The third-order valence-corrected chi connectivity index (χ3v) is 5.59. The van der Waals surface area contributed by atoms with E-state index in [0.717, 1.165) is 11.4 Å². The fourth-order valence-electron chi connectivity index (χ4n) is 2.31. The molecular weight excluding hydrogens is 304 g/mol. The van der Waals surface area contributed by atoms with Gasteiger partial charge in [-0.3, -0.25) is 20.0 Å². The monoisotopic (exact) mass is 326 g/mol. The number of benzene rings is 1. The average molecular weight is 326 g/mol. The van der Waals surface area contributed by atoms with Gasteiger partial charge < -0.3 is 0 Å². The van der Waals surface area contributed by atoms with Crippen LogP contribution in [0, 0.1) is 6.92 Å². The molecule has 0 bridgehead atoms. The van der Waals surface area contributed by atoms with Crippen molar-refractivity contribution in [2.75, 3.05) is 19.6 Å². The summed E-state index contributed by atoms with van der Waals surface area (Å²) in [7, 11) is 2.00. The van der Waals surface area contributed by atoms with Gasteiger partial charge in [0.15, 0.2) is 0 Å². The van der Waals surface area contributed by atoms with E-state index in [0.29, 0.717) is 13.1 Å². The molecule has 0 saturated carbocycles. The number of carbonyl (C=O) groups excluding carboxylic acids is 1. The first kappa shape index (κ1) is 16.6. The Morgan fingerprint density at radius 1 is 1.52 bits per heavy atom. The van der Waals surface area contributed by atoms with E-state index in [2.05, 4.69) is 59.0 Å². The van der Waals surface area contributed by atoms with E-state index in [1.165, 1.54) is 5.56 Å². The molecule has 1 saturated heterocycles. The van der Waals surface area contributed by atoms with E-state index < -0.39 is 0 Å². The van der Waals surface area contributed by atoms with Crippen LogP contribution in [0.1, 0.15) is 11.1 Å². The molecule has 3 N–H and O–H groups in total. The third kappa shape index (κ3) is 4.37. The summed E-state index contributed by atoms with van der Waals surface area (Å²) in [5, 5.41) is 0. The van der Waals surface area contributed by atoms with Crippen molar-refractivity contribution < 1.29 is 4.79 Å². The second-order valence-corrected chi connectivity index (χ2v) is 7.20. The molecule has 1 aliphatic heterocycles. The summed E-state index contributed by atoms with van der Waals surface area (Å²) in [5.74, 6) is 5.97. The fourth-order valence-corrected chi connectivity index (χ4v) is 3.49. The Labute approximate surface area is 135 Å². The van der Waals surface area contributed by atoms with E-state index in [4.69, 9.17) is 5.84 Å². The van der Waals surface area contributed by atoms with Gasteiger partial charge in [-0.25, -0.2) is 5.84 Å². The minimum absolute atomic E-state index is 0.151. The molecule has 7 heteroatoms. The quantitative estimate of drug-likeness (QED) is 0.334. The molecule has 1 aromatic rings. The maximum atomic E-state index is 12.1. The van der Waals surface area contributed by atoms with Gasteiger partial charge >= 0.3 is 0 Å². The van der Waals surface area contributed by atoms with Gasteiger partial charge in [-0.15, -0.1) is 24.4 Å². The molecule has 1 amide bonds. The standard InChI is InChI=1S/C14H22N4OS2/c1-10-3-5-11(6-4-10)7-12(13(19)16-15)18-8-17(2)14(20)21-9-18/h3-6,12,14,20H,7-9,15H2,1-2H3,(H,16,19). The second kappa shape index (κ2) is 7.51. The number of thioether (sulfide) groups is 1. The number of nitrogens with zero attached hydrogens (tertiary/aromatic N) is 2. The SMILES string of the molecule is Cc1ccc(CC(C(=O)NN)N2CSC(S)N(C)C2)cc1. The zero-order valence-corrected chi connectivity index (χ0v) is 14.0. The van der Waals surface area contributed by atoms with Crippen LogP contribution in [-0.2, 0) is 11.2 Å². The average Bonchev–Trinajstić information content (AvgIpc) is 2.49. The minimum atomic E-state index is -0.270. The van der Waals surface area contributed by atoms with Crippen molar-refractivity contribution >= 4 is 30.3 Å². The lowest BCUT2D eigenvalue weighted by molar-refractivity contribution is -0.127. The van der Waals surface area contributed by atoms with Crippen LogP contribution >= 0.6 is 24.4 Å². The van der Waals surface area contributed by atoms with Crippen molar-refractivity contribution in [1.82, 2.24) is 15.2 Å². The molecule has 116 valence electrons. The summed E-state index contributed by atoms with van der Waals surface area (Å²) in [6.45, 7) is 2.75. The van der Waals surface area contributed by atoms with Crippen molar-refractivity contribution in [2.45, 2.75) is 24.1 Å². The minimum Gasteiger partial charge on any atom is -0.293 e. The van der Waals surface area contributed by atoms with Crippen LogP contribution in [0.4, 0.5) is 0 Å². The maximum absolute atomic E-state index is 12.1. The lowest BCUT2D eigenvalue weighted by Gasteiger charge is -2.40. The Hall–Kier alpha value is -0.730. The van der Waals surface area contributed by atoms with Crippen LogP contribution in [0.2, 0.25) is 0 Å². The highest BCUT2D eigenvalue weighted by Crippen LogP contribution is 2.26. The predicted octanol–water partition coefficient (Wildman–Crippen LogP) is 1.01. The molecule has 0 aliphatic carbocycles. The largest absolute Gasteiger partial charge is 0.293 e. The molecule has 2 atom stereocenters. The number of hydrazine groups is 1. The van der Waals surface area contributed by atoms with E-state index in [9.17, 15) is 4.79 Å². The van der Waals surface area contributed by atoms with Gasteiger partial charge in [-0.05, 0) is 26.0 Å². The zero-order chi connectivity index (χ0) is 15.4. The van der Waals surface area contributed by atoms with Crippen molar-refractivity contribution in [3.63, 3.8) is 0 Å². The summed E-state index contributed by atoms with van der Waals surface area (Å²) in [6, 6.07) is 7.98. The molecule has 1 aromatic carbocycles. The van der Waals surface area contributed by atoms with Gasteiger partial charge in [0.1, 0.15) is 4.71 Å². The molecule has 0 spiro atoms. The number of aryl methyl sites for hydroxylation is 1. The lowest BCUT2D eigenvalue weighted by Crippen LogP contribution is -2.55. The van der Waals surface area contributed by atoms with Crippen LogP contribution in [0.5, 0.6) is 0 Å². The normalized spacial score (nSPS) is 22.0. The van der Waals surface area contributed by atoms with Crippen molar-refractivity contribution in [2.24, 2.45) is 5.84 Å². The molecule has 2 unspecified atom stereocenters. The van der Waals surface area contributed by atoms with Crippen LogP contribution in [-0.4, -0.2) is 46.0 Å². The van der Waals surface area contributed by atoms with Gasteiger partial charge in [0.25, 0.3) is 5.91 Å². The number of carbonyl (C=O) groups is 1. The van der Waals surface area contributed by atoms with E-state index in [-0.39, 0.29) is 16.7 Å². The number of hydrogen-bond acceptors (Lipinski definition) is 6. The zero-order valence-electron chi connectivity index (χ0n) is 12.3. The molecular formula is C14H22N4OS2. The first-order valence-electron chi connectivity index (χ1n) is 6.81. The van der Waals surface area contributed by atoms with Gasteiger partial charge in [-0.2, -0.15) is 0 Å². The number of thiol groups is 1. The number of rotatable bonds is 4. The smallest absolute Gasteiger partial charge is 0.251 e. The van der Waals surface area contributed by atoms with Gasteiger partial charge in [-0.1, -0.05) is 29.8 Å². The van der Waals surface area contributed by atoms with Gasteiger partial charge in [0.05, 0.1) is 12.7 Å². The summed E-state index contributed by atoms with van der Waals surface area (Å²) in [6.07, 6.45) is 0.648. The summed E-state index contributed by atoms with van der Waals surface area (Å²) in [4.78, 5) is 16.4. The first-order chi connectivity index (χ1) is 10.0. The van der Waals surface area contributed by atoms with Crippen LogP contribution in [0.15, 0.2) is 24.3 Å². The summed E-state index contributed by atoms with van der Waals surface area (Å²) in [5.41, 5.74) is 4.64. The Balaban J connectivity index is 2.11. The Morgan fingerprint density at radius 2 is 2.19 bits per heavy atom. The second-order valence-electron chi connectivity index (χ2n) is 5.32. The van der Waals surface area contributed by atoms with E-state index in [1.807, 2.05) is 7.05 Å². The van der Waals surface area contributed by atoms with Gasteiger partial charge in [0.2, 0.25) is 0 Å². The van der Waals surface area contributed by atoms with Crippen molar-refractivity contribution in [3.05, 3.63) is 35.4 Å². The lowest BCUT2D eigenvalue weighted by atomic mass is 10.0. The van der Waals surface area contributed by atoms with Crippen LogP contribution in [0.25, 0.3) is 0 Å². The maximum Gasteiger partial charge on any atom is 0.251 e. The molecule has 5 nitrogen and oxygen atoms in total. The molecule has 1 heterocycles. The van der Waals surface area contributed by atoms with E-state index >= 15 is 0 Å². The first-order valence-corrected chi connectivity index (χ1v) is 8.37. The molecule has 1 fully saturated rings. The number of amides is 1. The molecule has 0 radical (unpaired) electrons. The number of hydrogen-bond donors (Lipinski definition) is 3. The van der Waals surface area contributed by atoms with Crippen LogP contribution in [0.3, 0.4) is 0 Å². The van der Waals surface area contributed by atoms with E-state index in [1.54, 1.807) is 11.8 Å². The Morgan fingerprint density at radius 3 is 2.76 bits per heavy atom. The third-order valence-electron chi connectivity index (χ3n) is 3.61.